The van der Waals surface area contributed by atoms with Gasteiger partial charge in [-0.2, -0.15) is 0 Å². The van der Waals surface area contributed by atoms with Crippen LogP contribution < -0.4 is 0 Å². The van der Waals surface area contributed by atoms with Crippen molar-refractivity contribution in [1.82, 2.24) is 20.2 Å². The number of hydrogen-bond donors (Lipinski definition) is 1. The third kappa shape index (κ3) is 2.30. The van der Waals surface area contributed by atoms with E-state index in [1.54, 1.807) is 4.68 Å². The number of unbranched alkanes of at least 4 members (excludes halogenated alkanes) is 1. The second-order valence-corrected chi connectivity index (χ2v) is 4.80. The molecule has 0 atom stereocenters. The van der Waals surface area contributed by atoms with Gasteiger partial charge in [-0.25, -0.2) is 4.68 Å². The highest BCUT2D eigenvalue weighted by Gasteiger charge is 2.45. The van der Waals surface area contributed by atoms with Gasteiger partial charge in [-0.05, 0) is 29.7 Å². The van der Waals surface area contributed by atoms with Gasteiger partial charge in [-0.1, -0.05) is 19.8 Å². The third-order valence-corrected chi connectivity index (χ3v) is 3.58. The second kappa shape index (κ2) is 4.81. The van der Waals surface area contributed by atoms with Gasteiger partial charge in [0, 0.05) is 6.42 Å². The van der Waals surface area contributed by atoms with Crippen LogP contribution in [0.3, 0.4) is 0 Å². The molecule has 1 aromatic heterocycles. The lowest BCUT2D eigenvalue weighted by Crippen LogP contribution is -2.42. The summed E-state index contributed by atoms with van der Waals surface area (Å²) in [4.78, 5) is 11.3. The summed E-state index contributed by atoms with van der Waals surface area (Å²) in [5, 5.41) is 20.8. The number of hydrogen-bond acceptors (Lipinski definition) is 4. The van der Waals surface area contributed by atoms with Gasteiger partial charge in [-0.3, -0.25) is 4.79 Å². The molecule has 0 radical (unpaired) electrons. The van der Waals surface area contributed by atoms with Gasteiger partial charge in [-0.15, -0.1) is 5.10 Å². The number of carboxylic acid groups (broad SMARTS) is 1. The fourth-order valence-electron chi connectivity index (χ4n) is 2.19. The Morgan fingerprint density at radius 1 is 1.53 bits per heavy atom. The van der Waals surface area contributed by atoms with E-state index >= 15 is 0 Å². The minimum Gasteiger partial charge on any atom is -0.481 e. The number of tetrazole rings is 1. The molecule has 1 aliphatic carbocycles. The molecule has 1 saturated carbocycles. The summed E-state index contributed by atoms with van der Waals surface area (Å²) in [7, 11) is 0. The van der Waals surface area contributed by atoms with Crippen LogP contribution in [0.1, 0.15) is 44.9 Å². The fraction of sp³-hybridized carbons (Fsp3) is 0.818. The smallest absolute Gasteiger partial charge is 0.311 e. The highest BCUT2D eigenvalue weighted by molar-refractivity contribution is 5.75. The van der Waals surface area contributed by atoms with Crippen LogP contribution >= 0.6 is 0 Å². The van der Waals surface area contributed by atoms with Crippen molar-refractivity contribution in [2.24, 2.45) is 5.41 Å². The van der Waals surface area contributed by atoms with Crippen molar-refractivity contribution in [2.45, 2.75) is 52.0 Å². The molecule has 1 heterocycles. The zero-order valence-corrected chi connectivity index (χ0v) is 10.1. The Kier molecular flexibility index (Phi) is 3.40. The highest BCUT2D eigenvalue weighted by atomic mass is 16.4. The summed E-state index contributed by atoms with van der Waals surface area (Å²) >= 11 is 0. The highest BCUT2D eigenvalue weighted by Crippen LogP contribution is 2.42. The fourth-order valence-corrected chi connectivity index (χ4v) is 2.19. The Balaban J connectivity index is 2.07. The van der Waals surface area contributed by atoms with Crippen molar-refractivity contribution in [3.05, 3.63) is 5.82 Å². The lowest BCUT2D eigenvalue weighted by Gasteiger charge is -2.37. The molecule has 0 unspecified atom stereocenters. The van der Waals surface area contributed by atoms with Crippen molar-refractivity contribution >= 4 is 5.97 Å². The van der Waals surface area contributed by atoms with Crippen LogP contribution in [0.2, 0.25) is 0 Å². The maximum Gasteiger partial charge on any atom is 0.311 e. The van der Waals surface area contributed by atoms with Crippen molar-refractivity contribution in [3.8, 4) is 0 Å². The predicted octanol–water partition coefficient (Wildman–Crippen LogP) is 1.27. The molecule has 0 aliphatic heterocycles. The SMILES string of the molecule is CCCCc1nnnn1CC1(C(=O)O)CCC1. The van der Waals surface area contributed by atoms with Gasteiger partial charge in [0.15, 0.2) is 5.82 Å². The predicted molar refractivity (Wildman–Crippen MR) is 60.3 cm³/mol. The maximum absolute atomic E-state index is 11.3. The Bertz CT molecular complexity index is 398. The summed E-state index contributed by atoms with van der Waals surface area (Å²) in [6.45, 7) is 2.52. The zero-order chi connectivity index (χ0) is 12.3. The number of carboxylic acids is 1. The summed E-state index contributed by atoms with van der Waals surface area (Å²) in [5.41, 5.74) is -0.629. The van der Waals surface area contributed by atoms with E-state index in [4.69, 9.17) is 0 Å². The van der Waals surface area contributed by atoms with Gasteiger partial charge >= 0.3 is 5.97 Å². The van der Waals surface area contributed by atoms with E-state index in [9.17, 15) is 9.90 Å². The van der Waals surface area contributed by atoms with Crippen molar-refractivity contribution in [1.29, 1.82) is 0 Å². The van der Waals surface area contributed by atoms with Crippen LogP contribution in [0.5, 0.6) is 0 Å². The number of carbonyl (C=O) groups is 1. The molecule has 1 aromatic rings. The van der Waals surface area contributed by atoms with Crippen LogP contribution in [-0.2, 0) is 17.8 Å². The van der Waals surface area contributed by atoms with Crippen molar-refractivity contribution < 1.29 is 9.90 Å². The first-order valence-electron chi connectivity index (χ1n) is 6.16. The number of rotatable bonds is 6. The maximum atomic E-state index is 11.3. The Morgan fingerprint density at radius 2 is 2.29 bits per heavy atom. The average molecular weight is 238 g/mol. The minimum absolute atomic E-state index is 0.411. The molecule has 1 aliphatic rings. The Labute approximate surface area is 100 Å². The number of aliphatic carboxylic acids is 1. The normalized spacial score (nSPS) is 17.7. The van der Waals surface area contributed by atoms with Crippen molar-refractivity contribution in [3.63, 3.8) is 0 Å². The molecule has 0 spiro atoms. The minimum atomic E-state index is -0.722. The van der Waals surface area contributed by atoms with Crippen LogP contribution in [-0.4, -0.2) is 31.3 Å². The van der Waals surface area contributed by atoms with E-state index in [1.165, 1.54) is 0 Å². The topological polar surface area (TPSA) is 80.9 Å². The van der Waals surface area contributed by atoms with Gasteiger partial charge in [0.2, 0.25) is 0 Å². The summed E-state index contributed by atoms with van der Waals surface area (Å²) in [6.07, 6.45) is 5.38. The molecular formula is C11H18N4O2. The largest absolute Gasteiger partial charge is 0.481 e. The van der Waals surface area contributed by atoms with Gasteiger partial charge < -0.3 is 5.11 Å². The first kappa shape index (κ1) is 12.0. The number of nitrogens with zero attached hydrogens (tertiary/aromatic N) is 4. The lowest BCUT2D eigenvalue weighted by molar-refractivity contribution is -0.156. The van der Waals surface area contributed by atoms with E-state index in [-0.39, 0.29) is 0 Å². The lowest BCUT2D eigenvalue weighted by atomic mass is 9.69. The molecule has 0 amide bonds. The quantitative estimate of drug-likeness (QED) is 0.807. The van der Waals surface area contributed by atoms with Gasteiger partial charge in [0.25, 0.3) is 0 Å². The molecular weight excluding hydrogens is 220 g/mol. The Morgan fingerprint density at radius 3 is 2.82 bits per heavy atom. The van der Waals surface area contributed by atoms with Crippen LogP contribution in [0.25, 0.3) is 0 Å². The summed E-state index contributed by atoms with van der Waals surface area (Å²) in [5.74, 6) is 0.0834. The Hall–Kier alpha value is -1.46. The number of aromatic nitrogens is 4. The van der Waals surface area contributed by atoms with Gasteiger partial charge in [0.05, 0.1) is 12.0 Å². The van der Waals surface area contributed by atoms with Gasteiger partial charge in [0.1, 0.15) is 0 Å². The monoisotopic (exact) mass is 238 g/mol. The molecule has 94 valence electrons. The zero-order valence-electron chi connectivity index (χ0n) is 10.1. The second-order valence-electron chi connectivity index (χ2n) is 4.80. The van der Waals surface area contributed by atoms with E-state index < -0.39 is 11.4 Å². The van der Waals surface area contributed by atoms with E-state index in [0.29, 0.717) is 6.54 Å². The molecule has 0 bridgehead atoms. The molecule has 1 N–H and O–H groups in total. The molecule has 6 heteroatoms. The molecule has 0 aromatic carbocycles. The van der Waals surface area contributed by atoms with Crippen LogP contribution in [0.15, 0.2) is 0 Å². The average Bonchev–Trinajstić information content (AvgIpc) is 2.67. The van der Waals surface area contributed by atoms with E-state index in [2.05, 4.69) is 22.4 Å². The third-order valence-electron chi connectivity index (χ3n) is 3.58. The summed E-state index contributed by atoms with van der Waals surface area (Å²) < 4.78 is 1.67. The molecule has 6 nitrogen and oxygen atoms in total. The van der Waals surface area contributed by atoms with Crippen LogP contribution in [0.4, 0.5) is 0 Å². The molecule has 0 saturated heterocycles. The van der Waals surface area contributed by atoms with Crippen LogP contribution in [0, 0.1) is 5.41 Å². The molecule has 2 rings (SSSR count). The van der Waals surface area contributed by atoms with E-state index in [1.807, 2.05) is 0 Å². The van der Waals surface area contributed by atoms with E-state index in [0.717, 1.165) is 44.3 Å². The summed E-state index contributed by atoms with van der Waals surface area (Å²) in [6, 6.07) is 0. The number of aryl methyl sites for hydroxylation is 1. The van der Waals surface area contributed by atoms with Crippen molar-refractivity contribution in [2.75, 3.05) is 0 Å². The standard InChI is InChI=1S/C11H18N4O2/c1-2-3-5-9-12-13-14-15(9)8-11(10(16)17)6-4-7-11/h2-8H2,1H3,(H,16,17). The molecule has 17 heavy (non-hydrogen) atoms. The first-order chi connectivity index (χ1) is 8.18. The molecule has 1 fully saturated rings. The first-order valence-corrected chi connectivity index (χ1v) is 6.16.